The summed E-state index contributed by atoms with van der Waals surface area (Å²) >= 11 is 1.46. The van der Waals surface area contributed by atoms with Crippen molar-refractivity contribution in [3.05, 3.63) is 16.1 Å². The standard InChI is InChI=1S/C14H25N5OS/c1-11(15)13-16-12(10-21-13)14(20)19-8-6-18(7-9-19)5-4-17(2)3/h10-11H,4-9,15H2,1-3H3. The van der Waals surface area contributed by atoms with Crippen LogP contribution in [0.25, 0.3) is 0 Å². The summed E-state index contributed by atoms with van der Waals surface area (Å²) in [6.45, 7) is 7.41. The van der Waals surface area contributed by atoms with Crippen LogP contribution in [-0.2, 0) is 0 Å². The lowest BCUT2D eigenvalue weighted by Crippen LogP contribution is -2.50. The Morgan fingerprint density at radius 2 is 2.10 bits per heavy atom. The maximum absolute atomic E-state index is 12.4. The summed E-state index contributed by atoms with van der Waals surface area (Å²) in [7, 11) is 4.16. The van der Waals surface area contributed by atoms with Crippen molar-refractivity contribution in [1.29, 1.82) is 0 Å². The minimum Gasteiger partial charge on any atom is -0.335 e. The van der Waals surface area contributed by atoms with Crippen molar-refractivity contribution in [2.45, 2.75) is 13.0 Å². The van der Waals surface area contributed by atoms with Gasteiger partial charge in [0.25, 0.3) is 5.91 Å². The number of hydrogen-bond donors (Lipinski definition) is 1. The van der Waals surface area contributed by atoms with Crippen LogP contribution in [0.2, 0.25) is 0 Å². The summed E-state index contributed by atoms with van der Waals surface area (Å²) in [4.78, 5) is 23.2. The van der Waals surface area contributed by atoms with Crippen LogP contribution in [0, 0.1) is 0 Å². The average molecular weight is 311 g/mol. The molecule has 21 heavy (non-hydrogen) atoms. The molecule has 1 unspecified atom stereocenters. The molecule has 0 aromatic carbocycles. The number of nitrogens with two attached hydrogens (primary N) is 1. The highest BCUT2D eigenvalue weighted by Crippen LogP contribution is 2.17. The molecule has 2 rings (SSSR count). The fraction of sp³-hybridized carbons (Fsp3) is 0.714. The third kappa shape index (κ3) is 4.47. The third-order valence-electron chi connectivity index (χ3n) is 3.65. The molecule has 1 aromatic rings. The Morgan fingerprint density at radius 1 is 1.43 bits per heavy atom. The van der Waals surface area contributed by atoms with Gasteiger partial charge < -0.3 is 15.5 Å². The molecule has 1 atom stereocenters. The van der Waals surface area contributed by atoms with Gasteiger partial charge in [0.15, 0.2) is 0 Å². The van der Waals surface area contributed by atoms with Crippen molar-refractivity contribution in [2.24, 2.45) is 5.73 Å². The Kier molecular flexibility index (Phi) is 5.69. The fourth-order valence-electron chi connectivity index (χ4n) is 2.27. The molecule has 6 nitrogen and oxygen atoms in total. The van der Waals surface area contributed by atoms with E-state index < -0.39 is 0 Å². The number of amides is 1. The van der Waals surface area contributed by atoms with E-state index in [1.165, 1.54) is 11.3 Å². The largest absolute Gasteiger partial charge is 0.335 e. The number of aromatic nitrogens is 1. The monoisotopic (exact) mass is 311 g/mol. The van der Waals surface area contributed by atoms with Crippen LogP contribution in [0.3, 0.4) is 0 Å². The first-order valence-corrected chi connectivity index (χ1v) is 8.22. The SMILES string of the molecule is CC(N)c1nc(C(=O)N2CCN(CCN(C)C)CC2)cs1. The van der Waals surface area contributed by atoms with Gasteiger partial charge in [-0.05, 0) is 21.0 Å². The number of piperazine rings is 1. The Hall–Kier alpha value is -1.02. The van der Waals surface area contributed by atoms with Gasteiger partial charge in [0.05, 0.1) is 6.04 Å². The van der Waals surface area contributed by atoms with Gasteiger partial charge in [0.2, 0.25) is 0 Å². The number of thiazole rings is 1. The lowest BCUT2D eigenvalue weighted by Gasteiger charge is -2.34. The molecule has 1 saturated heterocycles. The highest BCUT2D eigenvalue weighted by atomic mass is 32.1. The summed E-state index contributed by atoms with van der Waals surface area (Å²) < 4.78 is 0. The highest BCUT2D eigenvalue weighted by Gasteiger charge is 2.24. The molecule has 0 saturated carbocycles. The molecule has 1 aromatic heterocycles. The first-order chi connectivity index (χ1) is 9.97. The molecule has 1 fully saturated rings. The molecule has 118 valence electrons. The zero-order valence-electron chi connectivity index (χ0n) is 13.1. The fourth-order valence-corrected chi connectivity index (χ4v) is 3.02. The van der Waals surface area contributed by atoms with Crippen molar-refractivity contribution in [3.8, 4) is 0 Å². The predicted molar refractivity (Wildman–Crippen MR) is 85.6 cm³/mol. The van der Waals surface area contributed by atoms with E-state index in [0.717, 1.165) is 44.3 Å². The molecule has 2 heterocycles. The number of carbonyl (C=O) groups excluding carboxylic acids is 1. The summed E-state index contributed by atoms with van der Waals surface area (Å²) in [6, 6.07) is -0.112. The number of rotatable bonds is 5. The van der Waals surface area contributed by atoms with Crippen molar-refractivity contribution < 1.29 is 4.79 Å². The number of likely N-dealkylation sites (N-methyl/N-ethyl adjacent to an activating group) is 1. The van der Waals surface area contributed by atoms with Crippen LogP contribution in [-0.4, -0.2) is 79.0 Å². The Morgan fingerprint density at radius 3 is 2.62 bits per heavy atom. The molecule has 0 bridgehead atoms. The quantitative estimate of drug-likeness (QED) is 0.857. The molecule has 1 aliphatic rings. The predicted octanol–water partition coefficient (Wildman–Crippen LogP) is 0.482. The van der Waals surface area contributed by atoms with Crippen LogP contribution >= 0.6 is 11.3 Å². The van der Waals surface area contributed by atoms with E-state index >= 15 is 0 Å². The molecule has 0 aliphatic carbocycles. The highest BCUT2D eigenvalue weighted by molar-refractivity contribution is 7.09. The first kappa shape index (κ1) is 16.4. The topological polar surface area (TPSA) is 65.7 Å². The lowest BCUT2D eigenvalue weighted by molar-refractivity contribution is 0.0624. The van der Waals surface area contributed by atoms with E-state index in [1.54, 1.807) is 0 Å². The Balaban J connectivity index is 1.85. The first-order valence-electron chi connectivity index (χ1n) is 7.34. The Labute approximate surface area is 130 Å². The maximum atomic E-state index is 12.4. The van der Waals surface area contributed by atoms with Crippen LogP contribution < -0.4 is 5.73 Å². The molecule has 0 radical (unpaired) electrons. The van der Waals surface area contributed by atoms with E-state index in [0.29, 0.717) is 5.69 Å². The van der Waals surface area contributed by atoms with E-state index in [-0.39, 0.29) is 11.9 Å². The average Bonchev–Trinajstić information content (AvgIpc) is 2.95. The molecule has 7 heteroatoms. The van der Waals surface area contributed by atoms with Gasteiger partial charge in [0.1, 0.15) is 10.7 Å². The van der Waals surface area contributed by atoms with Gasteiger partial charge in [-0.2, -0.15) is 0 Å². The van der Waals surface area contributed by atoms with Gasteiger partial charge in [-0.3, -0.25) is 9.69 Å². The lowest BCUT2D eigenvalue weighted by atomic mass is 10.3. The van der Waals surface area contributed by atoms with Gasteiger partial charge in [-0.25, -0.2) is 4.98 Å². The van der Waals surface area contributed by atoms with Crippen LogP contribution in [0.5, 0.6) is 0 Å². The number of hydrogen-bond acceptors (Lipinski definition) is 6. The van der Waals surface area contributed by atoms with Gasteiger partial charge >= 0.3 is 0 Å². The van der Waals surface area contributed by atoms with Crippen molar-refractivity contribution in [3.63, 3.8) is 0 Å². The minimum absolute atomic E-state index is 0.0328. The van der Waals surface area contributed by atoms with Crippen LogP contribution in [0.4, 0.5) is 0 Å². The molecule has 2 N–H and O–H groups in total. The molecular formula is C14H25N5OS. The van der Waals surface area contributed by atoms with Crippen LogP contribution in [0.15, 0.2) is 5.38 Å². The second kappa shape index (κ2) is 7.31. The zero-order chi connectivity index (χ0) is 15.4. The van der Waals surface area contributed by atoms with E-state index in [2.05, 4.69) is 28.9 Å². The van der Waals surface area contributed by atoms with E-state index in [9.17, 15) is 4.79 Å². The maximum Gasteiger partial charge on any atom is 0.273 e. The smallest absolute Gasteiger partial charge is 0.273 e. The van der Waals surface area contributed by atoms with Gasteiger partial charge in [-0.1, -0.05) is 0 Å². The van der Waals surface area contributed by atoms with Crippen molar-refractivity contribution >= 4 is 17.2 Å². The third-order valence-corrected chi connectivity index (χ3v) is 4.70. The molecule has 1 aliphatic heterocycles. The van der Waals surface area contributed by atoms with Gasteiger partial charge in [0, 0.05) is 44.6 Å². The van der Waals surface area contributed by atoms with Crippen molar-refractivity contribution in [2.75, 3.05) is 53.4 Å². The van der Waals surface area contributed by atoms with Gasteiger partial charge in [-0.15, -0.1) is 11.3 Å². The number of nitrogens with zero attached hydrogens (tertiary/aromatic N) is 4. The summed E-state index contributed by atoms with van der Waals surface area (Å²) in [5.74, 6) is 0.0328. The van der Waals surface area contributed by atoms with Crippen molar-refractivity contribution in [1.82, 2.24) is 19.7 Å². The molecule has 0 spiro atoms. The normalized spacial score (nSPS) is 18.2. The summed E-state index contributed by atoms with van der Waals surface area (Å²) in [5.41, 5.74) is 6.33. The second-order valence-electron chi connectivity index (χ2n) is 5.80. The summed E-state index contributed by atoms with van der Waals surface area (Å²) in [5, 5.41) is 2.64. The Bertz CT molecular complexity index is 466. The minimum atomic E-state index is -0.112. The molecule has 1 amide bonds. The van der Waals surface area contributed by atoms with E-state index in [1.807, 2.05) is 17.2 Å². The molecular weight excluding hydrogens is 286 g/mol. The summed E-state index contributed by atoms with van der Waals surface area (Å²) in [6.07, 6.45) is 0. The second-order valence-corrected chi connectivity index (χ2v) is 6.69. The number of carbonyl (C=O) groups is 1. The zero-order valence-corrected chi connectivity index (χ0v) is 13.9. The van der Waals surface area contributed by atoms with E-state index in [4.69, 9.17) is 5.73 Å². The van der Waals surface area contributed by atoms with Crippen LogP contribution in [0.1, 0.15) is 28.5 Å².